The lowest BCUT2D eigenvalue weighted by Crippen LogP contribution is -2.34. The molecule has 2 fully saturated rings. The number of Topliss-reactive ketones (excluding diaryl/α,β-unsaturated/α-hetero) is 1. The molecule has 0 aliphatic carbocycles. The first-order valence-electron chi connectivity index (χ1n) is 16.0. The number of carbonyl (C=O) groups excluding carboxylic acids is 2. The summed E-state index contributed by atoms with van der Waals surface area (Å²) in [5.74, 6) is 2.05. The monoisotopic (exact) mass is 696 g/mol. The van der Waals surface area contributed by atoms with E-state index < -0.39 is 0 Å². The van der Waals surface area contributed by atoms with Crippen LogP contribution in [0.1, 0.15) is 61.0 Å². The van der Waals surface area contributed by atoms with Crippen molar-refractivity contribution in [3.63, 3.8) is 0 Å². The maximum Gasteiger partial charge on any atom is 0.233 e. The molecule has 50 heavy (non-hydrogen) atoms. The topological polar surface area (TPSA) is 265 Å². The molecule has 15 heteroatoms. The lowest BCUT2D eigenvalue weighted by atomic mass is 10.1. The second-order valence-electron chi connectivity index (χ2n) is 11.6. The van der Waals surface area contributed by atoms with E-state index >= 15 is 0 Å². The highest BCUT2D eigenvalue weighted by Crippen LogP contribution is 2.25. The fraction of sp³-hybridized carbons (Fsp3) is 0.343. The Morgan fingerprint density at radius 3 is 1.56 bits per heavy atom. The summed E-state index contributed by atoms with van der Waals surface area (Å²) in [5, 5.41) is 9.42. The Bertz CT molecular complexity index is 1610. The van der Waals surface area contributed by atoms with Gasteiger partial charge in [0.15, 0.2) is 5.78 Å². The van der Waals surface area contributed by atoms with Crippen molar-refractivity contribution in [2.75, 3.05) is 59.0 Å². The first-order valence-corrected chi connectivity index (χ1v) is 16.0. The predicted octanol–water partition coefficient (Wildman–Crippen LogP) is 8.19. The maximum atomic E-state index is 12.9. The Morgan fingerprint density at radius 2 is 1.06 bits per heavy atom. The summed E-state index contributed by atoms with van der Waals surface area (Å²) in [6, 6.07) is 22.0. The number of hydrogen-bond donors (Lipinski definition) is 7. The molecular weight excluding hydrogens is 636 g/mol. The number of hydrogen-bond acceptors (Lipinski definition) is 14. The van der Waals surface area contributed by atoms with Crippen LogP contribution in [-0.4, -0.2) is 59.9 Å². The molecule has 3 aromatic carbocycles. The van der Waals surface area contributed by atoms with Gasteiger partial charge in [0.05, 0.1) is 13.5 Å². The molecule has 0 spiro atoms. The van der Waals surface area contributed by atoms with Crippen LogP contribution in [0.4, 0.5) is 40.6 Å². The zero-order chi connectivity index (χ0) is 31.7. The minimum atomic E-state index is -0.372. The van der Waals surface area contributed by atoms with Crippen molar-refractivity contribution in [3.8, 4) is 5.75 Å². The number of amides is 1. The molecular formula is C35H60N12O3. The normalized spacial score (nSPS) is 13.6. The minimum Gasteiger partial charge on any atom is -0.497 e. The van der Waals surface area contributed by atoms with Crippen LogP contribution in [0, 0.1) is 0 Å². The highest BCUT2D eigenvalue weighted by atomic mass is 16.5. The van der Waals surface area contributed by atoms with E-state index in [1.807, 2.05) is 48.5 Å². The highest BCUT2D eigenvalue weighted by Gasteiger charge is 2.21. The Hall–Kier alpha value is -5.35. The van der Waals surface area contributed by atoms with Crippen LogP contribution in [0.25, 0.3) is 0 Å². The third-order valence-corrected chi connectivity index (χ3v) is 8.22. The van der Waals surface area contributed by atoms with Crippen molar-refractivity contribution in [2.24, 2.45) is 0 Å². The molecule has 0 atom stereocenters. The summed E-state index contributed by atoms with van der Waals surface area (Å²) < 4.78 is 5.19. The van der Waals surface area contributed by atoms with Crippen LogP contribution in [0.5, 0.6) is 5.75 Å². The van der Waals surface area contributed by atoms with Crippen LogP contribution in [-0.2, 0) is 4.79 Å². The summed E-state index contributed by atoms with van der Waals surface area (Å²) in [6.45, 7) is 3.78. The molecule has 15 N–H and O–H groups in total. The maximum absolute atomic E-state index is 12.9. The van der Waals surface area contributed by atoms with Crippen LogP contribution in [0.15, 0.2) is 72.8 Å². The molecule has 15 nitrogen and oxygen atoms in total. The lowest BCUT2D eigenvalue weighted by molar-refractivity contribution is -0.115. The molecule has 1 amide bonds. The van der Waals surface area contributed by atoms with Crippen molar-refractivity contribution in [3.05, 3.63) is 78.4 Å². The van der Waals surface area contributed by atoms with Gasteiger partial charge in [0.2, 0.25) is 23.8 Å². The molecule has 4 aromatic rings. The van der Waals surface area contributed by atoms with Gasteiger partial charge < -0.3 is 55.1 Å². The van der Waals surface area contributed by atoms with E-state index in [9.17, 15) is 9.59 Å². The number of ketones is 1. The van der Waals surface area contributed by atoms with E-state index in [0.29, 0.717) is 29.1 Å². The van der Waals surface area contributed by atoms with Gasteiger partial charge in [0.25, 0.3) is 0 Å². The summed E-state index contributed by atoms with van der Waals surface area (Å²) in [4.78, 5) is 44.4. The van der Waals surface area contributed by atoms with Crippen LogP contribution >= 0.6 is 0 Å². The van der Waals surface area contributed by atoms with Crippen LogP contribution < -0.4 is 55.1 Å². The largest absolute Gasteiger partial charge is 0.497 e. The van der Waals surface area contributed by atoms with E-state index in [4.69, 9.17) is 19.7 Å². The second kappa shape index (κ2) is 19.6. The first kappa shape index (κ1) is 40.8. The van der Waals surface area contributed by atoms with Gasteiger partial charge in [-0.05, 0) is 111 Å². The highest BCUT2D eigenvalue weighted by molar-refractivity contribution is 6.11. The number of carbonyl (C=O) groups is 2. The van der Waals surface area contributed by atoms with Gasteiger partial charge in [-0.25, -0.2) is 0 Å². The summed E-state index contributed by atoms with van der Waals surface area (Å²) in [5.41, 5.74) is 3.61. The Kier molecular flexibility index (Phi) is 16.0. The molecule has 1 aromatic heterocycles. The van der Waals surface area contributed by atoms with Gasteiger partial charge in [-0.2, -0.15) is 15.0 Å². The van der Waals surface area contributed by atoms with E-state index in [0.717, 1.165) is 74.7 Å². The average Bonchev–Trinajstić information content (AvgIpc) is 3.10. The van der Waals surface area contributed by atoms with Crippen molar-refractivity contribution in [1.82, 2.24) is 39.6 Å². The minimum absolute atomic E-state index is 0. The Labute approximate surface area is 299 Å². The van der Waals surface area contributed by atoms with Gasteiger partial charge >= 0.3 is 0 Å². The van der Waals surface area contributed by atoms with Crippen molar-refractivity contribution < 1.29 is 20.0 Å². The smallest absolute Gasteiger partial charge is 0.233 e. The molecule has 278 valence electrons. The van der Waals surface area contributed by atoms with Gasteiger partial charge in [0.1, 0.15) is 5.75 Å². The molecule has 2 aliphatic heterocycles. The predicted molar refractivity (Wildman–Crippen MR) is 211 cm³/mol. The zero-order valence-corrected chi connectivity index (χ0v) is 29.0. The van der Waals surface area contributed by atoms with Gasteiger partial charge in [0, 0.05) is 60.2 Å². The summed E-state index contributed by atoms with van der Waals surface area (Å²) >= 11 is 0. The summed E-state index contributed by atoms with van der Waals surface area (Å²) in [6.07, 6.45) is 6.74. The third kappa shape index (κ3) is 10.8. The fourth-order valence-electron chi connectivity index (χ4n) is 5.68. The molecule has 3 heterocycles. The number of rotatable bonds is 11. The number of anilines is 7. The summed E-state index contributed by atoms with van der Waals surface area (Å²) in [7, 11) is 1.63. The molecule has 0 unspecified atom stereocenters. The molecule has 6 rings (SSSR count). The number of aromatic nitrogens is 3. The van der Waals surface area contributed by atoms with Gasteiger partial charge in [-0.3, -0.25) is 9.59 Å². The second-order valence-corrected chi connectivity index (χ2v) is 11.6. The number of ether oxygens (including phenoxy) is 1. The Morgan fingerprint density at radius 1 is 0.620 bits per heavy atom. The molecule has 0 bridgehead atoms. The average molecular weight is 697 g/mol. The van der Waals surface area contributed by atoms with Crippen LogP contribution in [0.2, 0.25) is 0 Å². The van der Waals surface area contributed by atoms with E-state index in [-0.39, 0.29) is 48.4 Å². The van der Waals surface area contributed by atoms with E-state index in [1.165, 1.54) is 12.8 Å². The van der Waals surface area contributed by atoms with Crippen molar-refractivity contribution in [1.29, 1.82) is 0 Å². The molecule has 2 aliphatic rings. The molecule has 0 radical (unpaired) electrons. The lowest BCUT2D eigenvalue weighted by Gasteiger charge is -2.30. The van der Waals surface area contributed by atoms with Gasteiger partial charge in [-0.15, -0.1) is 0 Å². The third-order valence-electron chi connectivity index (χ3n) is 8.22. The number of benzene rings is 3. The first-order chi connectivity index (χ1) is 22.5. The van der Waals surface area contributed by atoms with Crippen molar-refractivity contribution in [2.45, 2.75) is 44.9 Å². The molecule has 2 saturated heterocycles. The van der Waals surface area contributed by atoms with E-state index in [1.54, 1.807) is 31.4 Å². The number of nitrogens with zero attached hydrogens (tertiary/aromatic N) is 5. The fourth-order valence-corrected chi connectivity index (χ4v) is 5.68. The SMILES string of the molecule is COc1ccc(Nc2ccc(NC(=O)CC(=O)c3ccc(Nc4nc(N5CCCCC5)nc(N5CCCCC5)n4)cc3)cc2)cc1.N.N.N.N.[HH].[HH].[HH].[HH]. The molecule has 0 saturated carbocycles. The van der Waals surface area contributed by atoms with E-state index in [2.05, 4.69) is 25.8 Å². The quantitative estimate of drug-likeness (QED) is 0.0575. The Balaban J connectivity index is -0.00000325. The van der Waals surface area contributed by atoms with Crippen molar-refractivity contribution >= 4 is 52.3 Å². The standard InChI is InChI=1S/C35H40N8O3.4H3N.4H2/c1-46-30-18-16-27(17-19-30)36-26-12-14-28(15-13-26)37-32(45)24-31(44)25-8-10-29(11-9-25)38-33-39-34(42-20-4-2-5-21-42)41-35(40-33)43-22-6-3-7-23-43;;;;;;;;/h8-19,36H,2-7,20-24H2,1H3,(H,37,45)(H,38,39,40,41);4*1H3;4*1H. The number of nitrogens with one attached hydrogen (secondary N) is 3. The number of piperidine rings is 2. The van der Waals surface area contributed by atoms with Crippen LogP contribution in [0.3, 0.4) is 0 Å². The van der Waals surface area contributed by atoms with Gasteiger partial charge in [-0.1, -0.05) is 0 Å². The number of methoxy groups -OCH3 is 1. The zero-order valence-electron chi connectivity index (χ0n) is 29.0.